The fraction of sp³-hybridized carbons (Fsp3) is 0.538. The second-order valence-electron chi connectivity index (χ2n) is 3.68. The first-order valence-corrected chi connectivity index (χ1v) is 5.97. The summed E-state index contributed by atoms with van der Waals surface area (Å²) in [4.78, 5) is 0. The Morgan fingerprint density at radius 1 is 1.41 bits per heavy atom. The first kappa shape index (κ1) is 14.0. The third kappa shape index (κ3) is 4.73. The van der Waals surface area contributed by atoms with Gasteiger partial charge in [-0.2, -0.15) is 0 Å². The normalized spacial score (nSPS) is 12.4. The van der Waals surface area contributed by atoms with E-state index in [-0.39, 0.29) is 12.7 Å². The van der Waals surface area contributed by atoms with Gasteiger partial charge in [-0.15, -0.1) is 0 Å². The van der Waals surface area contributed by atoms with Gasteiger partial charge in [0.2, 0.25) is 0 Å². The zero-order chi connectivity index (χ0) is 12.5. The summed E-state index contributed by atoms with van der Waals surface area (Å²) in [5.41, 5.74) is 6.69. The number of benzene rings is 1. The highest BCUT2D eigenvalue weighted by Gasteiger charge is 2.10. The van der Waals surface area contributed by atoms with Gasteiger partial charge in [0.25, 0.3) is 0 Å². The lowest BCUT2D eigenvalue weighted by atomic mass is 10.1. The molecule has 4 nitrogen and oxygen atoms in total. The van der Waals surface area contributed by atoms with Gasteiger partial charge in [0, 0.05) is 19.8 Å². The number of nitrogens with two attached hydrogens (primary N) is 1. The number of hydrogen-bond donors (Lipinski definition) is 2. The third-order valence-corrected chi connectivity index (χ3v) is 2.38. The molecule has 96 valence electrons. The molecule has 0 aliphatic heterocycles. The van der Waals surface area contributed by atoms with Crippen molar-refractivity contribution in [2.75, 3.05) is 26.4 Å². The van der Waals surface area contributed by atoms with Gasteiger partial charge in [0.05, 0.1) is 12.7 Å². The van der Waals surface area contributed by atoms with E-state index in [2.05, 4.69) is 0 Å². The van der Waals surface area contributed by atoms with E-state index < -0.39 is 0 Å². The van der Waals surface area contributed by atoms with Crippen LogP contribution < -0.4 is 10.5 Å². The van der Waals surface area contributed by atoms with E-state index in [0.29, 0.717) is 26.2 Å². The number of aliphatic hydroxyl groups is 1. The maximum absolute atomic E-state index is 8.71. The second kappa shape index (κ2) is 8.06. The van der Waals surface area contributed by atoms with Gasteiger partial charge in [0.15, 0.2) is 0 Å². The molecule has 1 unspecified atom stereocenters. The van der Waals surface area contributed by atoms with Crippen molar-refractivity contribution in [2.24, 2.45) is 5.73 Å². The molecule has 0 aliphatic carbocycles. The molecule has 0 heterocycles. The third-order valence-electron chi connectivity index (χ3n) is 2.38. The molecule has 0 aliphatic rings. The summed E-state index contributed by atoms with van der Waals surface area (Å²) in [7, 11) is 0. The Balaban J connectivity index is 2.63. The van der Waals surface area contributed by atoms with Crippen molar-refractivity contribution in [2.45, 2.75) is 19.4 Å². The molecule has 3 N–H and O–H groups in total. The lowest BCUT2D eigenvalue weighted by Crippen LogP contribution is -2.17. The molecule has 0 bridgehead atoms. The van der Waals surface area contributed by atoms with E-state index in [0.717, 1.165) is 11.3 Å². The van der Waals surface area contributed by atoms with Crippen molar-refractivity contribution in [1.82, 2.24) is 0 Å². The Hall–Kier alpha value is -1.10. The highest BCUT2D eigenvalue weighted by molar-refractivity contribution is 5.30. The number of ether oxygens (including phenoxy) is 2. The Morgan fingerprint density at radius 2 is 2.24 bits per heavy atom. The number of aliphatic hydroxyl groups excluding tert-OH is 1. The molecule has 17 heavy (non-hydrogen) atoms. The fourth-order valence-corrected chi connectivity index (χ4v) is 1.56. The van der Waals surface area contributed by atoms with E-state index in [9.17, 15) is 0 Å². The lowest BCUT2D eigenvalue weighted by molar-refractivity contribution is 0.0487. The maximum atomic E-state index is 8.71. The van der Waals surface area contributed by atoms with E-state index in [1.54, 1.807) is 0 Å². The summed E-state index contributed by atoms with van der Waals surface area (Å²) in [5, 5.41) is 8.71. The summed E-state index contributed by atoms with van der Waals surface area (Å²) in [5.74, 6) is 0.828. The molecule has 1 aromatic rings. The van der Waals surface area contributed by atoms with Crippen molar-refractivity contribution < 1.29 is 14.6 Å². The predicted molar refractivity (Wildman–Crippen MR) is 67.1 cm³/mol. The average Bonchev–Trinajstić information content (AvgIpc) is 2.35. The van der Waals surface area contributed by atoms with Crippen molar-refractivity contribution in [3.8, 4) is 5.75 Å². The molecule has 0 spiro atoms. The summed E-state index contributed by atoms with van der Waals surface area (Å²) in [6.07, 6.45) is 0.490. The Bertz CT molecular complexity index is 317. The zero-order valence-electron chi connectivity index (χ0n) is 10.3. The summed E-state index contributed by atoms with van der Waals surface area (Å²) in [6.45, 7) is 3.65. The van der Waals surface area contributed by atoms with E-state index in [1.807, 2.05) is 31.2 Å². The fourth-order valence-electron chi connectivity index (χ4n) is 1.56. The van der Waals surface area contributed by atoms with Crippen molar-refractivity contribution in [3.63, 3.8) is 0 Å². The molecule has 1 rings (SSSR count). The Morgan fingerprint density at radius 3 is 2.88 bits per heavy atom. The van der Waals surface area contributed by atoms with Crippen LogP contribution in [0.1, 0.15) is 25.0 Å². The van der Waals surface area contributed by atoms with Gasteiger partial charge in [-0.05, 0) is 31.0 Å². The monoisotopic (exact) mass is 239 g/mol. The largest absolute Gasteiger partial charge is 0.494 e. The molecule has 1 atom stereocenters. The molecular formula is C13H21NO3. The second-order valence-corrected chi connectivity index (χ2v) is 3.68. The SMILES string of the molecule is CCOc1cccc(C(CN)OCCCO)c1. The molecule has 0 amide bonds. The molecule has 4 heteroatoms. The molecule has 0 aromatic heterocycles. The van der Waals surface area contributed by atoms with Gasteiger partial charge < -0.3 is 20.3 Å². The predicted octanol–water partition coefficient (Wildman–Crippen LogP) is 1.48. The minimum atomic E-state index is -0.137. The average molecular weight is 239 g/mol. The maximum Gasteiger partial charge on any atom is 0.119 e. The van der Waals surface area contributed by atoms with Gasteiger partial charge in [-0.25, -0.2) is 0 Å². The van der Waals surface area contributed by atoms with Crippen LogP contribution in [0.2, 0.25) is 0 Å². The van der Waals surface area contributed by atoms with Crippen LogP contribution in [-0.2, 0) is 4.74 Å². The molecule has 0 saturated carbocycles. The summed E-state index contributed by atoms with van der Waals surface area (Å²) in [6, 6.07) is 7.76. The van der Waals surface area contributed by atoms with Crippen LogP contribution in [-0.4, -0.2) is 31.5 Å². The molecule has 0 saturated heterocycles. The van der Waals surface area contributed by atoms with Gasteiger partial charge in [-0.3, -0.25) is 0 Å². The Kier molecular flexibility index (Phi) is 6.62. The minimum absolute atomic E-state index is 0.135. The highest BCUT2D eigenvalue weighted by Crippen LogP contribution is 2.21. The summed E-state index contributed by atoms with van der Waals surface area (Å²) >= 11 is 0. The first-order valence-electron chi connectivity index (χ1n) is 5.97. The lowest BCUT2D eigenvalue weighted by Gasteiger charge is -2.17. The summed E-state index contributed by atoms with van der Waals surface area (Å²) < 4.78 is 11.0. The quantitative estimate of drug-likeness (QED) is 0.674. The van der Waals surface area contributed by atoms with Crippen molar-refractivity contribution in [3.05, 3.63) is 29.8 Å². The van der Waals surface area contributed by atoms with Crippen LogP contribution in [0.4, 0.5) is 0 Å². The highest BCUT2D eigenvalue weighted by atomic mass is 16.5. The standard InChI is InChI=1S/C13H21NO3/c1-2-16-12-6-3-5-11(9-12)13(10-14)17-8-4-7-15/h3,5-6,9,13,15H,2,4,7-8,10,14H2,1H3. The van der Waals surface area contributed by atoms with E-state index >= 15 is 0 Å². The number of rotatable bonds is 8. The molecular weight excluding hydrogens is 218 g/mol. The smallest absolute Gasteiger partial charge is 0.119 e. The van der Waals surface area contributed by atoms with Gasteiger partial charge >= 0.3 is 0 Å². The zero-order valence-corrected chi connectivity index (χ0v) is 10.3. The Labute approximate surface area is 102 Å². The number of hydrogen-bond acceptors (Lipinski definition) is 4. The van der Waals surface area contributed by atoms with Crippen LogP contribution >= 0.6 is 0 Å². The van der Waals surface area contributed by atoms with E-state index in [1.165, 1.54) is 0 Å². The topological polar surface area (TPSA) is 64.7 Å². The molecule has 1 aromatic carbocycles. The van der Waals surface area contributed by atoms with Gasteiger partial charge in [-0.1, -0.05) is 12.1 Å². The van der Waals surface area contributed by atoms with Crippen LogP contribution in [0.25, 0.3) is 0 Å². The first-order chi connectivity index (χ1) is 8.31. The van der Waals surface area contributed by atoms with Crippen molar-refractivity contribution in [1.29, 1.82) is 0 Å². The molecule has 0 radical (unpaired) electrons. The van der Waals surface area contributed by atoms with Gasteiger partial charge in [0.1, 0.15) is 5.75 Å². The van der Waals surface area contributed by atoms with Crippen LogP contribution in [0, 0.1) is 0 Å². The van der Waals surface area contributed by atoms with Crippen LogP contribution in [0.5, 0.6) is 5.75 Å². The van der Waals surface area contributed by atoms with E-state index in [4.69, 9.17) is 20.3 Å². The minimum Gasteiger partial charge on any atom is -0.494 e. The van der Waals surface area contributed by atoms with Crippen molar-refractivity contribution >= 4 is 0 Å². The van der Waals surface area contributed by atoms with Crippen LogP contribution in [0.3, 0.4) is 0 Å². The van der Waals surface area contributed by atoms with Crippen LogP contribution in [0.15, 0.2) is 24.3 Å². The molecule has 0 fully saturated rings.